The van der Waals surface area contributed by atoms with Crippen LogP contribution in [0, 0.1) is 11.3 Å². The van der Waals surface area contributed by atoms with Crippen molar-refractivity contribution in [1.29, 1.82) is 5.26 Å². The Labute approximate surface area is 171 Å². The molecule has 0 aromatic heterocycles. The van der Waals surface area contributed by atoms with Crippen molar-refractivity contribution in [2.75, 3.05) is 17.3 Å². The van der Waals surface area contributed by atoms with Crippen molar-refractivity contribution in [3.8, 4) is 6.07 Å². The minimum absolute atomic E-state index is 0.304. The third kappa shape index (κ3) is 6.46. The van der Waals surface area contributed by atoms with Crippen molar-refractivity contribution in [2.45, 2.75) is 66.3 Å². The highest BCUT2D eigenvalue weighted by molar-refractivity contribution is 7.98. The smallest absolute Gasteiger partial charge is 0.386 e. The number of alkyl halides is 3. The summed E-state index contributed by atoms with van der Waals surface area (Å²) >= 11 is 1.86. The van der Waals surface area contributed by atoms with Gasteiger partial charge in [0.2, 0.25) is 0 Å². The lowest BCUT2D eigenvalue weighted by molar-refractivity contribution is -0.137. The first-order valence-corrected chi connectivity index (χ1v) is 10.6. The zero-order valence-corrected chi connectivity index (χ0v) is 18.7. The molecular weight excluding hydrogens is 385 g/mol. The summed E-state index contributed by atoms with van der Waals surface area (Å²) < 4.78 is 39.1. The molecule has 7 heteroatoms. The van der Waals surface area contributed by atoms with Gasteiger partial charge in [-0.25, -0.2) is 0 Å². The molecule has 2 N–H and O–H groups in total. The largest absolute Gasteiger partial charge is 0.417 e. The number of nitriles is 1. The maximum Gasteiger partial charge on any atom is 0.417 e. The van der Waals surface area contributed by atoms with Crippen LogP contribution in [0.2, 0.25) is 0 Å². The van der Waals surface area contributed by atoms with Crippen molar-refractivity contribution in [1.82, 2.24) is 0 Å². The molecule has 0 fully saturated rings. The Bertz CT molecular complexity index is 727. The average molecular weight is 417 g/mol. The molecule has 0 saturated carbocycles. The van der Waals surface area contributed by atoms with Gasteiger partial charge in [0.1, 0.15) is 0 Å². The molecule has 0 amide bonds. The highest BCUT2D eigenvalue weighted by Crippen LogP contribution is 2.42. The molecular formula is C21H31F3N2OS. The summed E-state index contributed by atoms with van der Waals surface area (Å²) in [5.74, 6) is 1.24. The van der Waals surface area contributed by atoms with Gasteiger partial charge in [-0.2, -0.15) is 30.2 Å². The van der Waals surface area contributed by atoms with E-state index in [4.69, 9.17) is 5.26 Å². The van der Waals surface area contributed by atoms with Crippen LogP contribution in [0.5, 0.6) is 0 Å². The Hall–Kier alpha value is -1.65. The van der Waals surface area contributed by atoms with E-state index in [0.717, 1.165) is 6.07 Å². The summed E-state index contributed by atoms with van der Waals surface area (Å²) in [5, 5.41) is 22.3. The molecule has 0 spiro atoms. The molecule has 0 saturated heterocycles. The lowest BCUT2D eigenvalue weighted by Gasteiger charge is -2.35. The maximum absolute atomic E-state index is 13.0. The van der Waals surface area contributed by atoms with Gasteiger partial charge in [0.25, 0.3) is 0 Å². The normalized spacial score (nSPS) is 15.9. The summed E-state index contributed by atoms with van der Waals surface area (Å²) in [4.78, 5) is 0. The fraction of sp³-hybridized carbons (Fsp3) is 0.571. The summed E-state index contributed by atoms with van der Waals surface area (Å²) in [6.45, 7) is 12.9. The minimum Gasteiger partial charge on any atom is -0.386 e. The number of halogens is 3. The molecule has 2 rings (SSSR count). The SMILES string of the molecule is CC.CC1=C(C(C)(C)O)C(C)Nc2cc(C(F)(F)F)c(C#N)cc21.CCSC. The Balaban J connectivity index is 0.00000108. The fourth-order valence-corrected chi connectivity index (χ4v) is 3.12. The number of allylic oxidation sites excluding steroid dienone is 1. The van der Waals surface area contributed by atoms with E-state index < -0.39 is 22.9 Å². The second-order valence-electron chi connectivity index (χ2n) is 6.59. The first-order chi connectivity index (χ1) is 12.9. The first-order valence-electron chi connectivity index (χ1n) is 9.23. The van der Waals surface area contributed by atoms with E-state index in [2.05, 4.69) is 18.5 Å². The number of nitrogens with zero attached hydrogens (tertiary/aromatic N) is 1. The Kier molecular flexibility index (Phi) is 10.1. The highest BCUT2D eigenvalue weighted by Gasteiger charge is 2.37. The average Bonchev–Trinajstić information content (AvgIpc) is 2.60. The molecule has 28 heavy (non-hydrogen) atoms. The third-order valence-electron chi connectivity index (χ3n) is 4.14. The molecule has 1 aromatic rings. The number of thioether (sulfide) groups is 1. The number of rotatable bonds is 2. The lowest BCUT2D eigenvalue weighted by Crippen LogP contribution is -2.36. The number of hydrogen-bond donors (Lipinski definition) is 2. The Morgan fingerprint density at radius 1 is 1.25 bits per heavy atom. The molecule has 1 aromatic carbocycles. The van der Waals surface area contributed by atoms with Crippen molar-refractivity contribution in [2.24, 2.45) is 0 Å². The van der Waals surface area contributed by atoms with Crippen LogP contribution in [0.15, 0.2) is 17.7 Å². The standard InChI is InChI=1S/C16H17F3N2O.C3H8S.C2H6/c1-8-11-5-10(7-20)12(16(17,18)19)6-13(11)21-9(2)14(8)15(3,4)22;1-3-4-2;1-2/h5-6,9,21-22H,1-4H3;3H2,1-2H3;1-2H3. The first kappa shape index (κ1) is 26.4. The van der Waals surface area contributed by atoms with Crippen molar-refractivity contribution in [3.63, 3.8) is 0 Å². The van der Waals surface area contributed by atoms with Crippen LogP contribution >= 0.6 is 11.8 Å². The van der Waals surface area contributed by atoms with Crippen LogP contribution in [-0.4, -0.2) is 28.8 Å². The van der Waals surface area contributed by atoms with Gasteiger partial charge in [-0.3, -0.25) is 0 Å². The Morgan fingerprint density at radius 3 is 2.11 bits per heavy atom. The van der Waals surface area contributed by atoms with Crippen LogP contribution in [-0.2, 0) is 6.18 Å². The molecule has 1 heterocycles. The van der Waals surface area contributed by atoms with Gasteiger partial charge in [0, 0.05) is 17.3 Å². The van der Waals surface area contributed by atoms with E-state index >= 15 is 0 Å². The minimum atomic E-state index is -4.58. The van der Waals surface area contributed by atoms with Crippen molar-refractivity contribution < 1.29 is 18.3 Å². The third-order valence-corrected chi connectivity index (χ3v) is 4.72. The van der Waals surface area contributed by atoms with Gasteiger partial charge < -0.3 is 10.4 Å². The number of hydrogen-bond acceptors (Lipinski definition) is 4. The predicted molar refractivity (Wildman–Crippen MR) is 114 cm³/mol. The summed E-state index contributed by atoms with van der Waals surface area (Å²) in [5.41, 5.74) is -0.249. The number of anilines is 1. The zero-order valence-electron chi connectivity index (χ0n) is 17.9. The van der Waals surface area contributed by atoms with Crippen LogP contribution < -0.4 is 5.32 Å². The van der Waals surface area contributed by atoms with Crippen LogP contribution in [0.25, 0.3) is 5.57 Å². The molecule has 158 valence electrons. The summed E-state index contributed by atoms with van der Waals surface area (Å²) in [7, 11) is 0. The molecule has 1 atom stereocenters. The van der Waals surface area contributed by atoms with Crippen LogP contribution in [0.4, 0.5) is 18.9 Å². The number of fused-ring (bicyclic) bond motifs is 1. The van der Waals surface area contributed by atoms with Gasteiger partial charge in [-0.05, 0) is 63.0 Å². The van der Waals surface area contributed by atoms with Crippen molar-refractivity contribution in [3.05, 3.63) is 34.4 Å². The zero-order chi connectivity index (χ0) is 22.3. The second-order valence-corrected chi connectivity index (χ2v) is 7.75. The Morgan fingerprint density at radius 2 is 1.75 bits per heavy atom. The predicted octanol–water partition coefficient (Wildman–Crippen LogP) is 6.33. The molecule has 0 bridgehead atoms. The van der Waals surface area contributed by atoms with E-state index in [-0.39, 0.29) is 6.04 Å². The molecule has 0 radical (unpaired) electrons. The van der Waals surface area contributed by atoms with E-state index in [0.29, 0.717) is 22.4 Å². The summed E-state index contributed by atoms with van der Waals surface area (Å²) in [6, 6.07) is 3.50. The molecule has 1 aliphatic rings. The topological polar surface area (TPSA) is 56.0 Å². The van der Waals surface area contributed by atoms with Crippen LogP contribution in [0.1, 0.15) is 65.2 Å². The lowest BCUT2D eigenvalue weighted by atomic mass is 9.81. The van der Waals surface area contributed by atoms with Gasteiger partial charge in [-0.1, -0.05) is 20.8 Å². The fourth-order valence-electron chi connectivity index (χ4n) is 3.12. The van der Waals surface area contributed by atoms with E-state index in [9.17, 15) is 18.3 Å². The number of aliphatic hydroxyl groups is 1. The molecule has 3 nitrogen and oxygen atoms in total. The van der Waals surface area contributed by atoms with Gasteiger partial charge in [0.15, 0.2) is 0 Å². The van der Waals surface area contributed by atoms with Crippen LogP contribution in [0.3, 0.4) is 0 Å². The van der Waals surface area contributed by atoms with Gasteiger partial charge in [-0.15, -0.1) is 0 Å². The van der Waals surface area contributed by atoms with E-state index in [1.807, 2.05) is 25.6 Å². The number of benzene rings is 1. The quantitative estimate of drug-likeness (QED) is 0.591. The molecule has 0 aliphatic carbocycles. The van der Waals surface area contributed by atoms with Crippen molar-refractivity contribution >= 4 is 23.0 Å². The van der Waals surface area contributed by atoms with Gasteiger partial charge in [0.05, 0.1) is 22.8 Å². The summed E-state index contributed by atoms with van der Waals surface area (Å²) in [6.07, 6.45) is -2.49. The monoisotopic (exact) mass is 416 g/mol. The second kappa shape index (κ2) is 10.8. The molecule has 1 aliphatic heterocycles. The van der Waals surface area contributed by atoms with E-state index in [1.54, 1.807) is 33.8 Å². The van der Waals surface area contributed by atoms with Gasteiger partial charge >= 0.3 is 6.18 Å². The number of nitrogens with one attached hydrogen (secondary N) is 1. The highest BCUT2D eigenvalue weighted by atomic mass is 32.2. The molecule has 1 unspecified atom stereocenters. The van der Waals surface area contributed by atoms with E-state index in [1.165, 1.54) is 11.8 Å². The maximum atomic E-state index is 13.0.